The fourth-order valence-corrected chi connectivity index (χ4v) is 5.26. The summed E-state index contributed by atoms with van der Waals surface area (Å²) in [4.78, 5) is 69.9. The van der Waals surface area contributed by atoms with Crippen molar-refractivity contribution in [3.63, 3.8) is 0 Å². The van der Waals surface area contributed by atoms with Crippen LogP contribution in [0.5, 0.6) is 11.5 Å². The summed E-state index contributed by atoms with van der Waals surface area (Å²) in [7, 11) is 1.35. The number of carbonyl (C=O) groups is 5. The first-order valence-electron chi connectivity index (χ1n) is 16.8. The van der Waals surface area contributed by atoms with E-state index in [-0.39, 0.29) is 30.0 Å². The van der Waals surface area contributed by atoms with Crippen molar-refractivity contribution in [2.24, 2.45) is 11.8 Å². The molecular weight excluding hydrogens is 632 g/mol. The average molecular weight is 681 g/mol. The molecule has 1 aromatic heterocycles. The van der Waals surface area contributed by atoms with Crippen molar-refractivity contribution in [2.75, 3.05) is 13.7 Å². The number of hydrogen-bond donors (Lipinski definition) is 1. The fraction of sp³-hybridized carbons (Fsp3) is 0.514. The Morgan fingerprint density at radius 2 is 1.71 bits per heavy atom. The van der Waals surface area contributed by atoms with Gasteiger partial charge >= 0.3 is 23.9 Å². The van der Waals surface area contributed by atoms with Crippen molar-refractivity contribution >= 4 is 29.8 Å². The van der Waals surface area contributed by atoms with Crippen LogP contribution in [0, 0.1) is 11.8 Å². The number of amides is 1. The highest BCUT2D eigenvalue weighted by Gasteiger charge is 2.42. The van der Waals surface area contributed by atoms with Crippen LogP contribution in [0.2, 0.25) is 0 Å². The van der Waals surface area contributed by atoms with Gasteiger partial charge in [0.15, 0.2) is 23.6 Å². The third-order valence-electron chi connectivity index (χ3n) is 8.03. The molecule has 1 saturated heterocycles. The number of unbranched alkanes of at least 4 members (excludes halogenated alkanes) is 6. The van der Waals surface area contributed by atoms with Crippen molar-refractivity contribution < 1.29 is 47.7 Å². The fourth-order valence-electron chi connectivity index (χ4n) is 5.26. The molecule has 1 aromatic carbocycles. The Labute approximate surface area is 287 Å². The van der Waals surface area contributed by atoms with Crippen LogP contribution in [0.25, 0.3) is 0 Å². The number of hydrogen-bond acceptors (Lipinski definition) is 11. The molecule has 0 aliphatic carbocycles. The molecule has 0 spiro atoms. The highest BCUT2D eigenvalue weighted by Crippen LogP contribution is 2.31. The number of cyclic esters (lactones) is 2. The summed E-state index contributed by atoms with van der Waals surface area (Å²) in [6, 6.07) is 9.07. The largest absolute Gasteiger partial charge is 0.493 e. The highest BCUT2D eigenvalue weighted by atomic mass is 16.6. The van der Waals surface area contributed by atoms with Crippen molar-refractivity contribution in [1.82, 2.24) is 10.3 Å². The monoisotopic (exact) mass is 680 g/mol. The summed E-state index contributed by atoms with van der Waals surface area (Å²) in [6.45, 7) is 7.96. The van der Waals surface area contributed by atoms with Gasteiger partial charge in [-0.05, 0) is 38.2 Å². The summed E-state index contributed by atoms with van der Waals surface area (Å²) in [5, 5.41) is 2.49. The highest BCUT2D eigenvalue weighted by molar-refractivity contribution is 5.99. The molecule has 12 nitrogen and oxygen atoms in total. The molecule has 1 amide bonds. The molecule has 2 unspecified atom stereocenters. The zero-order valence-electron chi connectivity index (χ0n) is 28.8. The Morgan fingerprint density at radius 3 is 2.39 bits per heavy atom. The van der Waals surface area contributed by atoms with Crippen LogP contribution in [-0.2, 0) is 39.8 Å². The van der Waals surface area contributed by atoms with E-state index < -0.39 is 66.5 Å². The van der Waals surface area contributed by atoms with Crippen LogP contribution in [0.3, 0.4) is 0 Å². The second-order valence-corrected chi connectivity index (χ2v) is 12.3. The topological polar surface area (TPSA) is 156 Å². The molecule has 266 valence electrons. The minimum absolute atomic E-state index is 0.0892. The van der Waals surface area contributed by atoms with Gasteiger partial charge in [0.2, 0.25) is 5.75 Å². The third kappa shape index (κ3) is 12.0. The maximum absolute atomic E-state index is 13.5. The Balaban J connectivity index is 1.74. The lowest BCUT2D eigenvalue weighted by Crippen LogP contribution is -2.47. The lowest BCUT2D eigenvalue weighted by molar-refractivity contribution is -0.176. The molecule has 0 saturated carbocycles. The number of allylic oxidation sites excluding steroid dienone is 1. The van der Waals surface area contributed by atoms with E-state index in [1.165, 1.54) is 26.3 Å². The molecule has 1 aliphatic heterocycles. The zero-order valence-corrected chi connectivity index (χ0v) is 28.8. The van der Waals surface area contributed by atoms with Crippen LogP contribution in [0.1, 0.15) is 88.2 Å². The Bertz CT molecular complexity index is 1430. The number of ether oxygens (including phenoxy) is 5. The molecule has 12 heteroatoms. The van der Waals surface area contributed by atoms with Crippen molar-refractivity contribution in [2.45, 2.75) is 96.8 Å². The van der Waals surface area contributed by atoms with Crippen molar-refractivity contribution in [1.29, 1.82) is 0 Å². The van der Waals surface area contributed by atoms with Crippen LogP contribution in [-0.4, -0.2) is 66.7 Å². The molecule has 4 atom stereocenters. The standard InChI is InChI=1S/C37H48N2O10/c1-6-7-8-9-10-11-12-16-19-30(40)48-33-29(45-5)20-21-38-31(33)34(41)39-28-23-46-36(43)27(22-26-17-14-13-15-18-26)32(25(4)47-37(28)44)49-35(42)24(2)3/h6,13-15,17-18,20-21,24-25,27-28,32H,1,7-12,16,19,22-23H2,2-5H3,(H,39,41)/t25-,27+,28?,32?/m0/s1. The maximum atomic E-state index is 13.5. The van der Waals surface area contributed by atoms with Gasteiger partial charge in [-0.1, -0.05) is 75.9 Å². The lowest BCUT2D eigenvalue weighted by atomic mass is 9.91. The summed E-state index contributed by atoms with van der Waals surface area (Å²) in [5.74, 6) is -5.33. The molecule has 1 aliphatic rings. The summed E-state index contributed by atoms with van der Waals surface area (Å²) in [5.41, 5.74) is 0.468. The van der Waals surface area contributed by atoms with E-state index in [4.69, 9.17) is 23.7 Å². The molecule has 2 heterocycles. The van der Waals surface area contributed by atoms with Gasteiger partial charge < -0.3 is 29.0 Å². The minimum Gasteiger partial charge on any atom is -0.493 e. The van der Waals surface area contributed by atoms with Gasteiger partial charge in [0.05, 0.1) is 13.0 Å². The average Bonchev–Trinajstić information content (AvgIpc) is 3.12. The quantitative estimate of drug-likeness (QED) is 0.0999. The van der Waals surface area contributed by atoms with Gasteiger partial charge in [-0.15, -0.1) is 6.58 Å². The molecule has 49 heavy (non-hydrogen) atoms. The molecule has 0 bridgehead atoms. The predicted molar refractivity (Wildman–Crippen MR) is 180 cm³/mol. The number of benzene rings is 1. The molecule has 1 fully saturated rings. The number of nitrogens with one attached hydrogen (secondary N) is 1. The van der Waals surface area contributed by atoms with Crippen LogP contribution in [0.4, 0.5) is 0 Å². The van der Waals surface area contributed by atoms with Gasteiger partial charge in [-0.25, -0.2) is 9.78 Å². The lowest BCUT2D eigenvalue weighted by Gasteiger charge is -2.29. The van der Waals surface area contributed by atoms with E-state index in [1.807, 2.05) is 36.4 Å². The third-order valence-corrected chi connectivity index (χ3v) is 8.03. The first kappa shape index (κ1) is 38.7. The van der Waals surface area contributed by atoms with E-state index in [9.17, 15) is 24.0 Å². The van der Waals surface area contributed by atoms with Gasteiger partial charge in [-0.3, -0.25) is 19.2 Å². The normalized spacial score (nSPS) is 19.4. The van der Waals surface area contributed by atoms with Crippen molar-refractivity contribution in [3.05, 3.63) is 66.5 Å². The number of carbonyl (C=O) groups excluding carboxylic acids is 5. The number of esters is 4. The van der Waals surface area contributed by atoms with E-state index in [1.54, 1.807) is 13.8 Å². The number of nitrogens with zero attached hydrogens (tertiary/aromatic N) is 1. The van der Waals surface area contributed by atoms with E-state index >= 15 is 0 Å². The Morgan fingerprint density at radius 1 is 1.02 bits per heavy atom. The van der Waals surface area contributed by atoms with Crippen LogP contribution >= 0.6 is 0 Å². The predicted octanol–water partition coefficient (Wildman–Crippen LogP) is 5.32. The first-order chi connectivity index (χ1) is 23.5. The smallest absolute Gasteiger partial charge is 0.332 e. The van der Waals surface area contributed by atoms with E-state index in [2.05, 4.69) is 16.9 Å². The Hall–Kier alpha value is -4.74. The minimum atomic E-state index is -1.46. The number of methoxy groups -OCH3 is 1. The van der Waals surface area contributed by atoms with Crippen LogP contribution in [0.15, 0.2) is 55.3 Å². The molecule has 2 aromatic rings. The second kappa shape index (κ2) is 19.9. The number of rotatable bonds is 17. The maximum Gasteiger partial charge on any atom is 0.332 e. The first-order valence-corrected chi connectivity index (χ1v) is 16.8. The summed E-state index contributed by atoms with van der Waals surface area (Å²) in [6.07, 6.45) is 7.95. The SMILES string of the molecule is C=CCCCCCCCCC(=O)Oc1c(OC)ccnc1C(=O)NC1COC(=O)[C@H](Cc2ccccc2)C(OC(=O)C(C)C)[C@H](C)OC1=O. The molecule has 3 rings (SSSR count). The van der Waals surface area contributed by atoms with E-state index in [0.29, 0.717) is 6.42 Å². The second-order valence-electron chi connectivity index (χ2n) is 12.3. The van der Waals surface area contributed by atoms with Gasteiger partial charge in [-0.2, -0.15) is 0 Å². The number of pyridine rings is 1. The molecule has 0 radical (unpaired) electrons. The van der Waals surface area contributed by atoms with E-state index in [0.717, 1.165) is 44.1 Å². The molecular formula is C37H48N2O10. The Kier molecular flexibility index (Phi) is 15.7. The van der Waals surface area contributed by atoms with Gasteiger partial charge in [0.1, 0.15) is 18.6 Å². The van der Waals surface area contributed by atoms with Crippen LogP contribution < -0.4 is 14.8 Å². The summed E-state index contributed by atoms with van der Waals surface area (Å²) >= 11 is 0. The summed E-state index contributed by atoms with van der Waals surface area (Å²) < 4.78 is 27.8. The van der Waals surface area contributed by atoms with Crippen molar-refractivity contribution in [3.8, 4) is 11.5 Å². The molecule has 1 N–H and O–H groups in total. The van der Waals surface area contributed by atoms with Gasteiger partial charge in [0.25, 0.3) is 5.91 Å². The number of aromatic nitrogens is 1. The van der Waals surface area contributed by atoms with Gasteiger partial charge in [0, 0.05) is 18.7 Å². The zero-order chi connectivity index (χ0) is 35.8.